The number of nitrogens with one attached hydrogen (secondary N) is 1. The number of nitrogens with zero attached hydrogens (tertiary/aromatic N) is 2. The van der Waals surface area contributed by atoms with E-state index in [1.807, 2.05) is 13.0 Å². The number of ether oxygens (including phenoxy) is 1. The van der Waals surface area contributed by atoms with Gasteiger partial charge in [0, 0.05) is 36.8 Å². The van der Waals surface area contributed by atoms with E-state index in [1.165, 1.54) is 18.2 Å². The first-order valence-electron chi connectivity index (χ1n) is 9.66. The maximum atomic E-state index is 12.5. The second-order valence-corrected chi connectivity index (χ2v) is 7.06. The summed E-state index contributed by atoms with van der Waals surface area (Å²) in [6.07, 6.45) is 5.53. The van der Waals surface area contributed by atoms with E-state index >= 15 is 0 Å². The molecule has 1 aromatic carbocycles. The monoisotopic (exact) mass is 415 g/mol. The van der Waals surface area contributed by atoms with Gasteiger partial charge in [0.1, 0.15) is 11.6 Å². The Kier molecular flexibility index (Phi) is 7.11. The number of carbonyl (C=O) groups is 2. The first kappa shape index (κ1) is 21.4. The summed E-state index contributed by atoms with van der Waals surface area (Å²) in [6.45, 7) is -0.127. The highest BCUT2D eigenvalue weighted by Crippen LogP contribution is 2.23. The summed E-state index contributed by atoms with van der Waals surface area (Å²) in [6, 6.07) is 9.93. The number of hydrogen-bond donors (Lipinski definition) is 1. The molecule has 2 amide bonds. The van der Waals surface area contributed by atoms with Crippen molar-refractivity contribution in [2.75, 3.05) is 18.4 Å². The first-order chi connectivity index (χ1) is 14.4. The van der Waals surface area contributed by atoms with Gasteiger partial charge in [-0.15, -0.1) is 0 Å². The highest BCUT2D eigenvalue weighted by Gasteiger charge is 2.26. The Morgan fingerprint density at radius 2 is 1.97 bits per heavy atom. The lowest BCUT2D eigenvalue weighted by Gasteiger charge is -2.30. The third-order valence-electron chi connectivity index (χ3n) is 4.88. The molecule has 0 atom stereocenters. The molecule has 2 aromatic rings. The van der Waals surface area contributed by atoms with Crippen molar-refractivity contribution in [2.24, 2.45) is 5.92 Å². The number of halogens is 2. The van der Waals surface area contributed by atoms with Crippen molar-refractivity contribution in [2.45, 2.75) is 26.4 Å². The molecule has 0 radical (unpaired) electrons. The number of likely N-dealkylation sites (tertiary alicyclic amines) is 1. The summed E-state index contributed by atoms with van der Waals surface area (Å²) in [5.74, 6) is -0.00167. The minimum absolute atomic E-state index is 0.0108. The highest BCUT2D eigenvalue weighted by atomic mass is 19.3. The SMILES string of the molecule is Cc1ccnc(NC(=O)C2CCN(C(=O)C=Cc3ccccc3OC(F)F)CC2)c1. The predicted octanol–water partition coefficient (Wildman–Crippen LogP) is 3.88. The van der Waals surface area contributed by atoms with Gasteiger partial charge in [0.25, 0.3) is 0 Å². The molecule has 1 aromatic heterocycles. The molecule has 1 saturated heterocycles. The molecule has 0 aliphatic carbocycles. The average Bonchev–Trinajstić information content (AvgIpc) is 2.72. The number of aromatic nitrogens is 1. The van der Waals surface area contributed by atoms with Crippen molar-refractivity contribution in [3.8, 4) is 5.75 Å². The molecule has 0 bridgehead atoms. The second kappa shape index (κ2) is 9.96. The number of anilines is 1. The zero-order valence-corrected chi connectivity index (χ0v) is 16.6. The van der Waals surface area contributed by atoms with Crippen LogP contribution in [-0.2, 0) is 9.59 Å². The lowest BCUT2D eigenvalue weighted by molar-refractivity contribution is -0.130. The molecule has 1 fully saturated rings. The molecule has 0 spiro atoms. The van der Waals surface area contributed by atoms with Crippen LogP contribution in [0.4, 0.5) is 14.6 Å². The van der Waals surface area contributed by atoms with Crippen molar-refractivity contribution < 1.29 is 23.1 Å². The van der Waals surface area contributed by atoms with Crippen LogP contribution in [0.5, 0.6) is 5.75 Å². The minimum Gasteiger partial charge on any atom is -0.434 e. The van der Waals surface area contributed by atoms with E-state index < -0.39 is 6.61 Å². The van der Waals surface area contributed by atoms with Crippen LogP contribution in [0.2, 0.25) is 0 Å². The third kappa shape index (κ3) is 5.85. The van der Waals surface area contributed by atoms with Crippen molar-refractivity contribution in [3.63, 3.8) is 0 Å². The predicted molar refractivity (Wildman–Crippen MR) is 109 cm³/mol. The van der Waals surface area contributed by atoms with E-state index in [1.54, 1.807) is 35.4 Å². The van der Waals surface area contributed by atoms with E-state index in [9.17, 15) is 18.4 Å². The highest BCUT2D eigenvalue weighted by molar-refractivity contribution is 5.93. The number of para-hydroxylation sites is 1. The molecule has 30 heavy (non-hydrogen) atoms. The Bertz CT molecular complexity index is 925. The van der Waals surface area contributed by atoms with Gasteiger partial charge < -0.3 is 15.0 Å². The van der Waals surface area contributed by atoms with Crippen molar-refractivity contribution in [3.05, 3.63) is 59.8 Å². The first-order valence-corrected chi connectivity index (χ1v) is 9.66. The molecule has 1 N–H and O–H groups in total. The van der Waals surface area contributed by atoms with Gasteiger partial charge in [0.15, 0.2) is 0 Å². The summed E-state index contributed by atoms with van der Waals surface area (Å²) in [5, 5.41) is 2.82. The Labute approximate surface area is 173 Å². The van der Waals surface area contributed by atoms with Crippen LogP contribution < -0.4 is 10.1 Å². The van der Waals surface area contributed by atoms with E-state index in [0.717, 1.165) is 5.56 Å². The lowest BCUT2D eigenvalue weighted by Crippen LogP contribution is -2.40. The van der Waals surface area contributed by atoms with Crippen molar-refractivity contribution in [1.82, 2.24) is 9.88 Å². The van der Waals surface area contributed by atoms with Crippen molar-refractivity contribution in [1.29, 1.82) is 0 Å². The minimum atomic E-state index is -2.93. The van der Waals surface area contributed by atoms with Gasteiger partial charge in [0.05, 0.1) is 0 Å². The Hall–Kier alpha value is -3.29. The summed E-state index contributed by atoms with van der Waals surface area (Å²) < 4.78 is 29.4. The number of aryl methyl sites for hydroxylation is 1. The van der Waals surface area contributed by atoms with Gasteiger partial charge in [0.2, 0.25) is 11.8 Å². The van der Waals surface area contributed by atoms with Gasteiger partial charge >= 0.3 is 6.61 Å². The van der Waals surface area contributed by atoms with Gasteiger partial charge in [-0.05, 0) is 49.6 Å². The molecule has 6 nitrogen and oxygen atoms in total. The second-order valence-electron chi connectivity index (χ2n) is 7.06. The number of piperidine rings is 1. The van der Waals surface area contributed by atoms with Gasteiger partial charge in [-0.1, -0.05) is 18.2 Å². The summed E-state index contributed by atoms with van der Waals surface area (Å²) in [5.41, 5.74) is 1.40. The van der Waals surface area contributed by atoms with Crippen LogP contribution >= 0.6 is 0 Å². The maximum Gasteiger partial charge on any atom is 0.387 e. The molecular formula is C22H23F2N3O3. The standard InChI is InChI=1S/C22H23F2N3O3/c1-15-8-11-25-19(14-15)26-21(29)17-9-12-27(13-10-17)20(28)7-6-16-4-2-3-5-18(16)30-22(23)24/h2-8,11,14,17,22H,9-10,12-13H2,1H3,(H,25,26,29). The lowest BCUT2D eigenvalue weighted by atomic mass is 9.96. The largest absolute Gasteiger partial charge is 0.434 e. The average molecular weight is 415 g/mol. The van der Waals surface area contributed by atoms with Crippen LogP contribution in [0.15, 0.2) is 48.7 Å². The fourth-order valence-corrected chi connectivity index (χ4v) is 3.28. The molecule has 158 valence electrons. The van der Waals surface area contributed by atoms with Crippen LogP contribution in [0.25, 0.3) is 6.08 Å². The van der Waals surface area contributed by atoms with Crippen molar-refractivity contribution >= 4 is 23.7 Å². The molecule has 1 aliphatic rings. The smallest absolute Gasteiger partial charge is 0.387 e. The van der Waals surface area contributed by atoms with E-state index in [4.69, 9.17) is 0 Å². The normalized spacial score (nSPS) is 14.9. The number of pyridine rings is 1. The fourth-order valence-electron chi connectivity index (χ4n) is 3.28. The van der Waals surface area contributed by atoms with Gasteiger partial charge in [-0.3, -0.25) is 9.59 Å². The van der Waals surface area contributed by atoms with E-state index in [-0.39, 0.29) is 23.5 Å². The molecule has 1 aliphatic heterocycles. The van der Waals surface area contributed by atoms with Crippen LogP contribution in [0, 0.1) is 12.8 Å². The molecule has 2 heterocycles. The fraction of sp³-hybridized carbons (Fsp3) is 0.318. The third-order valence-corrected chi connectivity index (χ3v) is 4.88. The molecule has 8 heteroatoms. The van der Waals surface area contributed by atoms with Gasteiger partial charge in [-0.2, -0.15) is 8.78 Å². The van der Waals surface area contributed by atoms with Gasteiger partial charge in [-0.25, -0.2) is 4.98 Å². The zero-order valence-electron chi connectivity index (χ0n) is 16.6. The molecular weight excluding hydrogens is 392 g/mol. The van der Waals surface area contributed by atoms with Crippen LogP contribution in [-0.4, -0.2) is 41.4 Å². The quantitative estimate of drug-likeness (QED) is 0.727. The Morgan fingerprint density at radius 1 is 1.23 bits per heavy atom. The maximum absolute atomic E-state index is 12.5. The zero-order chi connectivity index (χ0) is 21.5. The number of hydrogen-bond acceptors (Lipinski definition) is 4. The van der Waals surface area contributed by atoms with E-state index in [0.29, 0.717) is 37.3 Å². The van der Waals surface area contributed by atoms with Crippen LogP contribution in [0.3, 0.4) is 0 Å². The topological polar surface area (TPSA) is 71.5 Å². The molecule has 0 unspecified atom stereocenters. The summed E-state index contributed by atoms with van der Waals surface area (Å²) in [7, 11) is 0. The summed E-state index contributed by atoms with van der Waals surface area (Å²) in [4.78, 5) is 30.7. The summed E-state index contributed by atoms with van der Waals surface area (Å²) >= 11 is 0. The Balaban J connectivity index is 1.53. The number of carbonyl (C=O) groups excluding carboxylic acids is 2. The number of rotatable bonds is 6. The van der Waals surface area contributed by atoms with Crippen LogP contribution in [0.1, 0.15) is 24.0 Å². The van der Waals surface area contributed by atoms with E-state index in [2.05, 4.69) is 15.0 Å². The number of benzene rings is 1. The Morgan fingerprint density at radius 3 is 2.67 bits per heavy atom. The molecule has 0 saturated carbocycles. The molecule has 3 rings (SSSR count). The number of alkyl halides is 2. The number of amides is 2.